The molecular weight excluding hydrogens is 296 g/mol. The van der Waals surface area contributed by atoms with Crippen LogP contribution in [0.5, 0.6) is 0 Å². The van der Waals surface area contributed by atoms with E-state index in [1.165, 1.54) is 6.42 Å². The summed E-state index contributed by atoms with van der Waals surface area (Å²) < 4.78 is 0. The number of rotatable bonds is 5. The van der Waals surface area contributed by atoms with Crippen molar-refractivity contribution in [2.45, 2.75) is 56.9 Å². The van der Waals surface area contributed by atoms with Gasteiger partial charge in [0, 0.05) is 18.4 Å². The van der Waals surface area contributed by atoms with E-state index in [0.717, 1.165) is 19.3 Å². The third-order valence-electron chi connectivity index (χ3n) is 4.92. The highest BCUT2D eigenvalue weighted by atomic mass is 16.2. The van der Waals surface area contributed by atoms with Gasteiger partial charge in [0.05, 0.1) is 18.9 Å². The zero-order valence-electron chi connectivity index (χ0n) is 13.2. The fourth-order valence-electron chi connectivity index (χ4n) is 3.42. The van der Waals surface area contributed by atoms with Crippen molar-refractivity contribution in [2.24, 2.45) is 11.1 Å². The molecule has 0 aromatic rings. The molecule has 23 heavy (non-hydrogen) atoms. The number of carbonyl (C=O) groups is 3. The molecule has 4 N–H and O–H groups in total. The Morgan fingerprint density at radius 3 is 2.57 bits per heavy atom. The standard InChI is InChI=1S/C16H23N4O3/c17-11-16(8-9-19-13(22)10-16)20-12(21)4-7-15(14(18)23)5-2-1-3-6-15/h4H,1-3,5-10H2,(H2,18,23)(H,19,22)(H,20,21). The molecule has 2 rings (SSSR count). The lowest BCUT2D eigenvalue weighted by Gasteiger charge is -2.35. The Labute approximate surface area is 136 Å². The number of nitrogens with two attached hydrogens (primary N) is 1. The van der Waals surface area contributed by atoms with Crippen LogP contribution < -0.4 is 16.4 Å². The first-order chi connectivity index (χ1) is 10.9. The minimum absolute atomic E-state index is 0.0515. The maximum Gasteiger partial charge on any atom is 0.225 e. The van der Waals surface area contributed by atoms with Gasteiger partial charge in [0.15, 0.2) is 0 Å². The minimum atomic E-state index is -1.16. The number of hydrogen-bond donors (Lipinski definition) is 3. The zero-order chi connectivity index (χ0) is 16.9. The lowest BCUT2D eigenvalue weighted by atomic mass is 9.70. The molecule has 1 heterocycles. The highest BCUT2D eigenvalue weighted by Gasteiger charge is 2.40. The van der Waals surface area contributed by atoms with Crippen molar-refractivity contribution in [2.75, 3.05) is 6.54 Å². The molecule has 0 spiro atoms. The fourth-order valence-corrected chi connectivity index (χ4v) is 3.42. The summed E-state index contributed by atoms with van der Waals surface area (Å²) >= 11 is 0. The van der Waals surface area contributed by atoms with Gasteiger partial charge < -0.3 is 16.4 Å². The molecule has 3 amide bonds. The normalized spacial score (nSPS) is 26.7. The van der Waals surface area contributed by atoms with Crippen LogP contribution in [0, 0.1) is 23.2 Å². The molecule has 2 aliphatic rings. The van der Waals surface area contributed by atoms with Crippen molar-refractivity contribution in [3.63, 3.8) is 0 Å². The molecule has 1 radical (unpaired) electrons. The van der Waals surface area contributed by atoms with Crippen LogP contribution in [0.4, 0.5) is 0 Å². The molecule has 0 bridgehead atoms. The molecule has 7 nitrogen and oxygen atoms in total. The summed E-state index contributed by atoms with van der Waals surface area (Å²) in [5.41, 5.74) is 3.73. The lowest BCUT2D eigenvalue weighted by Crippen LogP contribution is -2.55. The molecule has 125 valence electrons. The van der Waals surface area contributed by atoms with Crippen molar-refractivity contribution in [3.8, 4) is 6.07 Å². The van der Waals surface area contributed by atoms with Gasteiger partial charge >= 0.3 is 0 Å². The van der Waals surface area contributed by atoms with Gasteiger partial charge in [-0.3, -0.25) is 14.4 Å². The van der Waals surface area contributed by atoms with Gasteiger partial charge in [-0.2, -0.15) is 5.26 Å². The number of hydrogen-bond acceptors (Lipinski definition) is 4. The molecule has 1 aliphatic heterocycles. The van der Waals surface area contributed by atoms with Crippen LogP contribution in [-0.4, -0.2) is 29.8 Å². The lowest BCUT2D eigenvalue weighted by molar-refractivity contribution is -0.130. The van der Waals surface area contributed by atoms with E-state index in [9.17, 15) is 19.6 Å². The van der Waals surface area contributed by atoms with Crippen LogP contribution in [0.3, 0.4) is 0 Å². The van der Waals surface area contributed by atoms with Crippen molar-refractivity contribution in [1.82, 2.24) is 10.6 Å². The van der Waals surface area contributed by atoms with Crippen molar-refractivity contribution < 1.29 is 14.4 Å². The second-order valence-corrected chi connectivity index (χ2v) is 6.57. The molecular formula is C16H23N4O3. The van der Waals surface area contributed by atoms with Gasteiger partial charge in [-0.1, -0.05) is 19.3 Å². The number of nitriles is 1. The highest BCUT2D eigenvalue weighted by Crippen LogP contribution is 2.39. The first kappa shape index (κ1) is 17.3. The number of nitrogens with one attached hydrogen (secondary N) is 2. The zero-order valence-corrected chi connectivity index (χ0v) is 13.2. The predicted molar refractivity (Wildman–Crippen MR) is 82.4 cm³/mol. The van der Waals surface area contributed by atoms with Crippen molar-refractivity contribution in [3.05, 3.63) is 6.42 Å². The van der Waals surface area contributed by atoms with E-state index in [0.29, 0.717) is 25.8 Å². The first-order valence-electron chi connectivity index (χ1n) is 8.05. The monoisotopic (exact) mass is 319 g/mol. The molecule has 2 fully saturated rings. The Kier molecular flexibility index (Phi) is 5.24. The van der Waals surface area contributed by atoms with Crippen LogP contribution in [0.1, 0.15) is 51.4 Å². The Morgan fingerprint density at radius 1 is 1.30 bits per heavy atom. The molecule has 1 aliphatic carbocycles. The Bertz CT molecular complexity index is 534. The first-order valence-corrected chi connectivity index (χ1v) is 8.05. The summed E-state index contributed by atoms with van der Waals surface area (Å²) in [5, 5.41) is 14.6. The van der Waals surface area contributed by atoms with E-state index in [1.54, 1.807) is 0 Å². The Morgan fingerprint density at radius 2 is 2.00 bits per heavy atom. The van der Waals surface area contributed by atoms with Crippen molar-refractivity contribution >= 4 is 17.7 Å². The average molecular weight is 319 g/mol. The SMILES string of the molecule is N#CC1(NC(=O)[CH]CC2(C(N)=O)CCCCC2)CCNC(=O)C1. The smallest absolute Gasteiger partial charge is 0.225 e. The third-order valence-corrected chi connectivity index (χ3v) is 4.92. The molecule has 1 unspecified atom stereocenters. The molecule has 1 saturated heterocycles. The minimum Gasteiger partial charge on any atom is -0.369 e. The number of carbonyl (C=O) groups excluding carboxylic acids is 3. The summed E-state index contributed by atoms with van der Waals surface area (Å²) in [6.45, 7) is 0.359. The van der Waals surface area contributed by atoms with E-state index in [2.05, 4.69) is 10.6 Å². The number of piperidine rings is 1. The van der Waals surface area contributed by atoms with Crippen molar-refractivity contribution in [1.29, 1.82) is 5.26 Å². The molecule has 1 saturated carbocycles. The van der Waals surface area contributed by atoms with E-state index >= 15 is 0 Å². The molecule has 1 atom stereocenters. The second kappa shape index (κ2) is 6.99. The van der Waals surface area contributed by atoms with Gasteiger partial charge in [-0.25, -0.2) is 0 Å². The van der Waals surface area contributed by atoms with Gasteiger partial charge in [-0.05, 0) is 19.3 Å². The summed E-state index contributed by atoms with van der Waals surface area (Å²) in [4.78, 5) is 35.5. The topological polar surface area (TPSA) is 125 Å². The number of primary amides is 1. The Hall–Kier alpha value is -2.10. The van der Waals surface area contributed by atoms with E-state index in [4.69, 9.17) is 5.73 Å². The number of nitrogens with zero attached hydrogens (tertiary/aromatic N) is 1. The number of amides is 3. The highest BCUT2D eigenvalue weighted by molar-refractivity contribution is 5.89. The fraction of sp³-hybridized carbons (Fsp3) is 0.688. The predicted octanol–water partition coefficient (Wildman–Crippen LogP) is 0.305. The van der Waals surface area contributed by atoms with Crippen LogP contribution in [0.15, 0.2) is 0 Å². The quantitative estimate of drug-likeness (QED) is 0.674. The molecule has 0 aromatic heterocycles. The second-order valence-electron chi connectivity index (χ2n) is 6.57. The van der Waals surface area contributed by atoms with Gasteiger partial charge in [-0.15, -0.1) is 0 Å². The largest absolute Gasteiger partial charge is 0.369 e. The summed E-state index contributed by atoms with van der Waals surface area (Å²) in [6.07, 6.45) is 6.33. The van der Waals surface area contributed by atoms with E-state index < -0.39 is 16.9 Å². The summed E-state index contributed by atoms with van der Waals surface area (Å²) in [6, 6.07) is 2.04. The summed E-state index contributed by atoms with van der Waals surface area (Å²) in [7, 11) is 0. The van der Waals surface area contributed by atoms with Crippen LogP contribution >= 0.6 is 0 Å². The maximum absolute atomic E-state index is 12.2. The van der Waals surface area contributed by atoms with E-state index in [-0.39, 0.29) is 24.7 Å². The average Bonchev–Trinajstić information content (AvgIpc) is 2.53. The van der Waals surface area contributed by atoms with E-state index in [1.807, 2.05) is 6.07 Å². The Balaban J connectivity index is 1.94. The van der Waals surface area contributed by atoms with Gasteiger partial charge in [0.1, 0.15) is 5.54 Å². The van der Waals surface area contributed by atoms with Crippen LogP contribution in [0.25, 0.3) is 0 Å². The third kappa shape index (κ3) is 4.01. The molecule has 0 aromatic carbocycles. The maximum atomic E-state index is 12.2. The molecule has 7 heteroatoms. The van der Waals surface area contributed by atoms with Crippen LogP contribution in [0.2, 0.25) is 0 Å². The van der Waals surface area contributed by atoms with Crippen LogP contribution in [-0.2, 0) is 14.4 Å². The summed E-state index contributed by atoms with van der Waals surface area (Å²) in [5.74, 6) is -1.04. The van der Waals surface area contributed by atoms with Gasteiger partial charge in [0.25, 0.3) is 0 Å². The van der Waals surface area contributed by atoms with Gasteiger partial charge in [0.2, 0.25) is 17.7 Å².